The number of aromatic nitrogens is 1. The predicted molar refractivity (Wildman–Crippen MR) is 87.7 cm³/mol. The standard InChI is InChI=1S/C16H28N4O/c1-12(2)8-9-18-16(17-5)20-11-14-6-7-15(19-10-14)21-13(3)4/h6-7,10,12-13H,8-9,11H2,1-5H3,(H2,17,18,20). The zero-order valence-electron chi connectivity index (χ0n) is 13.8. The van der Waals surface area contributed by atoms with E-state index in [1.54, 1.807) is 7.05 Å². The quantitative estimate of drug-likeness (QED) is 0.599. The van der Waals surface area contributed by atoms with Crippen LogP contribution in [0.3, 0.4) is 0 Å². The van der Waals surface area contributed by atoms with Gasteiger partial charge in [-0.1, -0.05) is 19.9 Å². The highest BCUT2D eigenvalue weighted by Crippen LogP contribution is 2.09. The van der Waals surface area contributed by atoms with Crippen molar-refractivity contribution < 1.29 is 4.74 Å². The summed E-state index contributed by atoms with van der Waals surface area (Å²) in [7, 11) is 1.78. The first-order chi connectivity index (χ1) is 10.0. The number of hydrogen-bond donors (Lipinski definition) is 2. The van der Waals surface area contributed by atoms with Crippen LogP contribution >= 0.6 is 0 Å². The summed E-state index contributed by atoms with van der Waals surface area (Å²) < 4.78 is 5.52. The minimum Gasteiger partial charge on any atom is -0.475 e. The normalized spacial score (nSPS) is 11.9. The molecule has 0 saturated heterocycles. The number of ether oxygens (including phenoxy) is 1. The minimum absolute atomic E-state index is 0.144. The summed E-state index contributed by atoms with van der Waals surface area (Å²) in [6.45, 7) is 10.0. The lowest BCUT2D eigenvalue weighted by Gasteiger charge is -2.13. The van der Waals surface area contributed by atoms with Gasteiger partial charge in [-0.15, -0.1) is 0 Å². The summed E-state index contributed by atoms with van der Waals surface area (Å²) >= 11 is 0. The fraction of sp³-hybridized carbons (Fsp3) is 0.625. The molecule has 0 aliphatic rings. The maximum Gasteiger partial charge on any atom is 0.213 e. The van der Waals surface area contributed by atoms with Gasteiger partial charge in [0, 0.05) is 32.4 Å². The molecule has 1 heterocycles. The molecular weight excluding hydrogens is 264 g/mol. The molecule has 1 aromatic heterocycles. The summed E-state index contributed by atoms with van der Waals surface area (Å²) in [6.07, 6.45) is 3.10. The van der Waals surface area contributed by atoms with Gasteiger partial charge < -0.3 is 15.4 Å². The molecule has 0 saturated carbocycles. The third kappa shape index (κ3) is 7.54. The molecular formula is C16H28N4O. The monoisotopic (exact) mass is 292 g/mol. The molecule has 0 aliphatic carbocycles. The molecule has 0 radical (unpaired) electrons. The van der Waals surface area contributed by atoms with Gasteiger partial charge in [-0.2, -0.15) is 0 Å². The highest BCUT2D eigenvalue weighted by atomic mass is 16.5. The second-order valence-electron chi connectivity index (χ2n) is 5.71. The van der Waals surface area contributed by atoms with Gasteiger partial charge in [0.2, 0.25) is 5.88 Å². The second kappa shape index (κ2) is 9.21. The van der Waals surface area contributed by atoms with Gasteiger partial charge in [0.25, 0.3) is 0 Å². The Kier molecular flexibility index (Phi) is 7.58. The maximum absolute atomic E-state index is 5.52. The van der Waals surface area contributed by atoms with E-state index in [0.29, 0.717) is 18.3 Å². The molecule has 5 heteroatoms. The van der Waals surface area contributed by atoms with Gasteiger partial charge >= 0.3 is 0 Å². The molecule has 0 aliphatic heterocycles. The Bertz CT molecular complexity index is 426. The Labute approximate surface area is 128 Å². The molecule has 0 amide bonds. The number of aliphatic imine (C=N–C) groups is 1. The summed E-state index contributed by atoms with van der Waals surface area (Å²) in [5.41, 5.74) is 1.10. The van der Waals surface area contributed by atoms with Gasteiger partial charge in [0.05, 0.1) is 6.10 Å². The average Bonchev–Trinajstić information content (AvgIpc) is 2.43. The maximum atomic E-state index is 5.52. The van der Waals surface area contributed by atoms with Crippen LogP contribution in [0.2, 0.25) is 0 Å². The number of nitrogens with zero attached hydrogens (tertiary/aromatic N) is 2. The molecule has 5 nitrogen and oxygen atoms in total. The first-order valence-corrected chi connectivity index (χ1v) is 7.57. The minimum atomic E-state index is 0.144. The lowest BCUT2D eigenvalue weighted by atomic mass is 10.1. The summed E-state index contributed by atoms with van der Waals surface area (Å²) in [5, 5.41) is 6.58. The lowest BCUT2D eigenvalue weighted by Crippen LogP contribution is -2.37. The molecule has 0 unspecified atom stereocenters. The van der Waals surface area contributed by atoms with Crippen molar-refractivity contribution >= 4 is 5.96 Å². The van der Waals surface area contributed by atoms with Gasteiger partial charge in [-0.3, -0.25) is 4.99 Å². The summed E-state index contributed by atoms with van der Waals surface area (Å²) in [6, 6.07) is 3.91. The summed E-state index contributed by atoms with van der Waals surface area (Å²) in [5.74, 6) is 2.17. The highest BCUT2D eigenvalue weighted by molar-refractivity contribution is 5.79. The average molecular weight is 292 g/mol. The first-order valence-electron chi connectivity index (χ1n) is 7.57. The Morgan fingerprint density at radius 2 is 2.00 bits per heavy atom. The van der Waals surface area contributed by atoms with E-state index in [1.807, 2.05) is 32.2 Å². The Morgan fingerprint density at radius 1 is 1.24 bits per heavy atom. The zero-order valence-corrected chi connectivity index (χ0v) is 13.8. The van der Waals surface area contributed by atoms with Crippen LogP contribution in [0.5, 0.6) is 5.88 Å². The van der Waals surface area contributed by atoms with Crippen LogP contribution in [0, 0.1) is 5.92 Å². The van der Waals surface area contributed by atoms with E-state index in [0.717, 1.165) is 24.5 Å². The van der Waals surface area contributed by atoms with E-state index in [1.165, 1.54) is 0 Å². The van der Waals surface area contributed by atoms with Gasteiger partial charge in [-0.05, 0) is 31.7 Å². The summed E-state index contributed by atoms with van der Waals surface area (Å²) in [4.78, 5) is 8.49. The van der Waals surface area contributed by atoms with Gasteiger partial charge in [-0.25, -0.2) is 4.98 Å². The van der Waals surface area contributed by atoms with Crippen molar-refractivity contribution in [2.24, 2.45) is 10.9 Å². The first kappa shape index (κ1) is 17.3. The predicted octanol–water partition coefficient (Wildman–Crippen LogP) is 2.58. The lowest BCUT2D eigenvalue weighted by molar-refractivity contribution is 0.232. The van der Waals surface area contributed by atoms with Crippen LogP contribution in [0.4, 0.5) is 0 Å². The Morgan fingerprint density at radius 3 is 2.52 bits per heavy atom. The second-order valence-corrected chi connectivity index (χ2v) is 5.71. The molecule has 1 aromatic rings. The Balaban J connectivity index is 2.39. The number of guanidine groups is 1. The largest absolute Gasteiger partial charge is 0.475 e. The van der Waals surface area contributed by atoms with Crippen molar-refractivity contribution in [2.45, 2.75) is 46.8 Å². The van der Waals surface area contributed by atoms with Gasteiger partial charge in [0.1, 0.15) is 0 Å². The SMILES string of the molecule is CN=C(NCCC(C)C)NCc1ccc(OC(C)C)nc1. The van der Waals surface area contributed by atoms with E-state index in [4.69, 9.17) is 4.74 Å². The third-order valence-corrected chi connectivity index (χ3v) is 2.85. The number of hydrogen-bond acceptors (Lipinski definition) is 3. The molecule has 118 valence electrons. The molecule has 21 heavy (non-hydrogen) atoms. The fourth-order valence-corrected chi connectivity index (χ4v) is 1.71. The van der Waals surface area contributed by atoms with Crippen molar-refractivity contribution in [3.63, 3.8) is 0 Å². The smallest absolute Gasteiger partial charge is 0.213 e. The van der Waals surface area contributed by atoms with Crippen LogP contribution < -0.4 is 15.4 Å². The number of pyridine rings is 1. The van der Waals surface area contributed by atoms with E-state index >= 15 is 0 Å². The molecule has 0 atom stereocenters. The van der Waals surface area contributed by atoms with Crippen LogP contribution in [0.25, 0.3) is 0 Å². The van der Waals surface area contributed by atoms with E-state index < -0.39 is 0 Å². The van der Waals surface area contributed by atoms with Crippen LogP contribution in [0.15, 0.2) is 23.3 Å². The van der Waals surface area contributed by atoms with E-state index in [9.17, 15) is 0 Å². The molecule has 1 rings (SSSR count). The molecule has 2 N–H and O–H groups in total. The number of rotatable bonds is 7. The van der Waals surface area contributed by atoms with Crippen LogP contribution in [0.1, 0.15) is 39.7 Å². The topological polar surface area (TPSA) is 58.5 Å². The van der Waals surface area contributed by atoms with Crippen LogP contribution in [-0.4, -0.2) is 30.6 Å². The third-order valence-electron chi connectivity index (χ3n) is 2.85. The van der Waals surface area contributed by atoms with Crippen LogP contribution in [-0.2, 0) is 6.54 Å². The van der Waals surface area contributed by atoms with Gasteiger partial charge in [0.15, 0.2) is 5.96 Å². The van der Waals surface area contributed by atoms with Crippen molar-refractivity contribution in [2.75, 3.05) is 13.6 Å². The molecule has 0 aromatic carbocycles. The molecule has 0 fully saturated rings. The fourth-order valence-electron chi connectivity index (χ4n) is 1.71. The van der Waals surface area contributed by atoms with Crippen molar-refractivity contribution in [3.05, 3.63) is 23.9 Å². The van der Waals surface area contributed by atoms with Crippen molar-refractivity contribution in [1.29, 1.82) is 0 Å². The highest BCUT2D eigenvalue weighted by Gasteiger charge is 2.02. The van der Waals surface area contributed by atoms with Crippen molar-refractivity contribution in [3.8, 4) is 5.88 Å². The zero-order chi connectivity index (χ0) is 15.7. The Hall–Kier alpha value is -1.78. The van der Waals surface area contributed by atoms with E-state index in [-0.39, 0.29) is 6.10 Å². The van der Waals surface area contributed by atoms with Crippen molar-refractivity contribution in [1.82, 2.24) is 15.6 Å². The number of nitrogens with one attached hydrogen (secondary N) is 2. The molecule has 0 spiro atoms. The molecule has 0 bridgehead atoms. The van der Waals surface area contributed by atoms with E-state index in [2.05, 4.69) is 34.5 Å².